The Morgan fingerprint density at radius 2 is 2.00 bits per heavy atom. The van der Waals surface area contributed by atoms with E-state index in [1.807, 2.05) is 6.07 Å². The van der Waals surface area contributed by atoms with Gasteiger partial charge in [0.05, 0.1) is 19.9 Å². The standard InChI is InChI=1S/C13H12ClNO3/c1-17-10-5-7-3-4-8(14)6-9(7)12(15)11(10)13(16)18-2/h3-6H,15H2,1-2H3. The van der Waals surface area contributed by atoms with Crippen LogP contribution in [0.1, 0.15) is 10.4 Å². The molecule has 0 aliphatic heterocycles. The van der Waals surface area contributed by atoms with Crippen molar-refractivity contribution in [2.24, 2.45) is 0 Å². The Morgan fingerprint density at radius 1 is 1.28 bits per heavy atom. The van der Waals surface area contributed by atoms with Crippen molar-refractivity contribution in [2.75, 3.05) is 20.0 Å². The number of carbonyl (C=O) groups is 1. The second-order valence-corrected chi connectivity index (χ2v) is 4.16. The van der Waals surface area contributed by atoms with E-state index in [2.05, 4.69) is 0 Å². The summed E-state index contributed by atoms with van der Waals surface area (Å²) < 4.78 is 9.88. The molecule has 0 fully saturated rings. The SMILES string of the molecule is COC(=O)c1c(OC)cc2ccc(Cl)cc2c1N. The molecular formula is C13H12ClNO3. The van der Waals surface area contributed by atoms with Gasteiger partial charge in [-0.3, -0.25) is 0 Å². The van der Waals surface area contributed by atoms with Crippen molar-refractivity contribution in [1.82, 2.24) is 0 Å². The first kappa shape index (κ1) is 12.5. The second kappa shape index (κ2) is 4.74. The Hall–Kier alpha value is -1.94. The van der Waals surface area contributed by atoms with E-state index in [-0.39, 0.29) is 5.56 Å². The van der Waals surface area contributed by atoms with Gasteiger partial charge in [0.15, 0.2) is 0 Å². The first-order valence-electron chi connectivity index (χ1n) is 5.22. The third-order valence-electron chi connectivity index (χ3n) is 2.72. The first-order valence-corrected chi connectivity index (χ1v) is 5.60. The summed E-state index contributed by atoms with van der Waals surface area (Å²) in [5, 5.41) is 2.10. The minimum absolute atomic E-state index is 0.217. The van der Waals surface area contributed by atoms with Crippen molar-refractivity contribution >= 4 is 34.0 Å². The van der Waals surface area contributed by atoms with Gasteiger partial charge in [0.2, 0.25) is 0 Å². The van der Waals surface area contributed by atoms with Crippen molar-refractivity contribution in [2.45, 2.75) is 0 Å². The van der Waals surface area contributed by atoms with Crippen molar-refractivity contribution in [3.8, 4) is 5.75 Å². The summed E-state index contributed by atoms with van der Waals surface area (Å²) in [6, 6.07) is 7.00. The summed E-state index contributed by atoms with van der Waals surface area (Å²) in [7, 11) is 2.77. The average Bonchev–Trinajstić information content (AvgIpc) is 2.38. The molecule has 0 spiro atoms. The Balaban J connectivity index is 2.83. The van der Waals surface area contributed by atoms with Gasteiger partial charge in [-0.25, -0.2) is 4.79 Å². The fourth-order valence-corrected chi connectivity index (χ4v) is 2.01. The number of fused-ring (bicyclic) bond motifs is 1. The Morgan fingerprint density at radius 3 is 2.61 bits per heavy atom. The lowest BCUT2D eigenvalue weighted by molar-refractivity contribution is 0.0598. The van der Waals surface area contributed by atoms with Crippen LogP contribution in [-0.2, 0) is 4.74 Å². The minimum Gasteiger partial charge on any atom is -0.496 e. The molecule has 0 saturated heterocycles. The van der Waals surface area contributed by atoms with Crippen LogP contribution in [0, 0.1) is 0 Å². The van der Waals surface area contributed by atoms with Crippen LogP contribution in [0.15, 0.2) is 24.3 Å². The van der Waals surface area contributed by atoms with E-state index in [1.165, 1.54) is 14.2 Å². The smallest absolute Gasteiger partial charge is 0.343 e. The van der Waals surface area contributed by atoms with Gasteiger partial charge in [-0.15, -0.1) is 0 Å². The van der Waals surface area contributed by atoms with Crippen LogP contribution in [-0.4, -0.2) is 20.2 Å². The molecule has 94 valence electrons. The maximum Gasteiger partial charge on any atom is 0.343 e. The predicted octanol–water partition coefficient (Wildman–Crippen LogP) is 2.87. The van der Waals surface area contributed by atoms with Crippen LogP contribution in [0.4, 0.5) is 5.69 Å². The Bertz CT molecular complexity index is 625. The summed E-state index contributed by atoms with van der Waals surface area (Å²) >= 11 is 5.93. The van der Waals surface area contributed by atoms with Crippen LogP contribution in [0.2, 0.25) is 5.02 Å². The number of benzene rings is 2. The summed E-state index contributed by atoms with van der Waals surface area (Å²) in [5.74, 6) is -0.152. The third-order valence-corrected chi connectivity index (χ3v) is 2.95. The van der Waals surface area contributed by atoms with Gasteiger partial charge in [0.1, 0.15) is 11.3 Å². The highest BCUT2D eigenvalue weighted by molar-refractivity contribution is 6.31. The van der Waals surface area contributed by atoms with Crippen molar-refractivity contribution in [3.05, 3.63) is 34.9 Å². The van der Waals surface area contributed by atoms with E-state index in [4.69, 9.17) is 26.8 Å². The lowest BCUT2D eigenvalue weighted by atomic mass is 10.0. The number of rotatable bonds is 2. The van der Waals surface area contributed by atoms with Crippen LogP contribution < -0.4 is 10.5 Å². The predicted molar refractivity (Wildman–Crippen MR) is 71.3 cm³/mol. The topological polar surface area (TPSA) is 61.5 Å². The number of carbonyl (C=O) groups excluding carboxylic acids is 1. The summed E-state index contributed by atoms with van der Waals surface area (Å²) in [5.41, 5.74) is 6.52. The fraction of sp³-hybridized carbons (Fsp3) is 0.154. The van der Waals surface area contributed by atoms with Crippen LogP contribution in [0.5, 0.6) is 5.75 Å². The molecule has 0 radical (unpaired) electrons. The average molecular weight is 266 g/mol. The van der Waals surface area contributed by atoms with E-state index in [0.717, 1.165) is 5.39 Å². The molecule has 0 aromatic heterocycles. The quantitative estimate of drug-likeness (QED) is 0.670. The van der Waals surface area contributed by atoms with E-state index in [0.29, 0.717) is 21.8 Å². The summed E-state index contributed by atoms with van der Waals surface area (Å²) in [6.45, 7) is 0. The lowest BCUT2D eigenvalue weighted by Gasteiger charge is -2.12. The monoisotopic (exact) mass is 265 g/mol. The fourth-order valence-electron chi connectivity index (χ4n) is 1.84. The van der Waals surface area contributed by atoms with Gasteiger partial charge in [-0.1, -0.05) is 17.7 Å². The zero-order valence-electron chi connectivity index (χ0n) is 9.99. The molecule has 2 rings (SSSR count). The minimum atomic E-state index is -0.536. The summed E-state index contributed by atoms with van der Waals surface area (Å²) in [4.78, 5) is 11.7. The number of esters is 1. The number of hydrogen-bond acceptors (Lipinski definition) is 4. The number of hydrogen-bond donors (Lipinski definition) is 1. The molecule has 4 nitrogen and oxygen atoms in total. The maximum atomic E-state index is 11.7. The van der Waals surface area contributed by atoms with Gasteiger partial charge in [-0.05, 0) is 23.6 Å². The highest BCUT2D eigenvalue weighted by atomic mass is 35.5. The largest absolute Gasteiger partial charge is 0.496 e. The highest BCUT2D eigenvalue weighted by Gasteiger charge is 2.19. The zero-order chi connectivity index (χ0) is 13.3. The van der Waals surface area contributed by atoms with Gasteiger partial charge >= 0.3 is 5.97 Å². The second-order valence-electron chi connectivity index (χ2n) is 3.72. The third kappa shape index (κ3) is 1.95. The van der Waals surface area contributed by atoms with E-state index in [9.17, 15) is 4.79 Å². The van der Waals surface area contributed by atoms with E-state index in [1.54, 1.807) is 18.2 Å². The molecule has 0 heterocycles. The molecule has 0 aliphatic rings. The van der Waals surface area contributed by atoms with Crippen LogP contribution in [0.3, 0.4) is 0 Å². The number of halogens is 1. The lowest BCUT2D eigenvalue weighted by Crippen LogP contribution is -2.08. The van der Waals surface area contributed by atoms with Crippen molar-refractivity contribution in [1.29, 1.82) is 0 Å². The first-order chi connectivity index (χ1) is 8.58. The molecule has 0 aliphatic carbocycles. The Labute approximate surface area is 109 Å². The van der Waals surface area contributed by atoms with Gasteiger partial charge in [0, 0.05) is 10.4 Å². The molecule has 18 heavy (non-hydrogen) atoms. The number of anilines is 1. The Kier molecular flexibility index (Phi) is 3.30. The van der Waals surface area contributed by atoms with Gasteiger partial charge in [-0.2, -0.15) is 0 Å². The molecule has 0 unspecified atom stereocenters. The molecule has 0 atom stereocenters. The number of methoxy groups -OCH3 is 2. The van der Waals surface area contributed by atoms with Gasteiger partial charge < -0.3 is 15.2 Å². The highest BCUT2D eigenvalue weighted by Crippen LogP contribution is 2.34. The van der Waals surface area contributed by atoms with Crippen molar-refractivity contribution in [3.63, 3.8) is 0 Å². The van der Waals surface area contributed by atoms with Gasteiger partial charge in [0.25, 0.3) is 0 Å². The van der Waals surface area contributed by atoms with Crippen LogP contribution in [0.25, 0.3) is 10.8 Å². The number of nitrogen functional groups attached to an aromatic ring is 1. The zero-order valence-corrected chi connectivity index (χ0v) is 10.7. The molecule has 2 aromatic rings. The molecular weight excluding hydrogens is 254 g/mol. The maximum absolute atomic E-state index is 11.7. The molecule has 2 N–H and O–H groups in total. The molecule has 5 heteroatoms. The van der Waals surface area contributed by atoms with E-state index >= 15 is 0 Å². The number of ether oxygens (including phenoxy) is 2. The molecule has 2 aromatic carbocycles. The summed E-state index contributed by atoms with van der Waals surface area (Å²) in [6.07, 6.45) is 0. The van der Waals surface area contributed by atoms with Crippen molar-refractivity contribution < 1.29 is 14.3 Å². The molecule has 0 saturated carbocycles. The number of nitrogens with two attached hydrogens (primary N) is 1. The van der Waals surface area contributed by atoms with Crippen LogP contribution >= 0.6 is 11.6 Å². The van der Waals surface area contributed by atoms with E-state index < -0.39 is 5.97 Å². The molecule has 0 amide bonds. The normalized spacial score (nSPS) is 10.4. The molecule has 0 bridgehead atoms.